The molecule has 2 aromatic rings. The minimum atomic E-state index is -0.332. The molecule has 2 N–H and O–H groups in total. The van der Waals surface area contributed by atoms with E-state index in [-0.39, 0.29) is 17.8 Å². The third-order valence-corrected chi connectivity index (χ3v) is 4.86. The molecular weight excluding hydrogens is 345 g/mol. The number of hydrogen-bond acceptors (Lipinski definition) is 2. The lowest BCUT2D eigenvalue weighted by molar-refractivity contribution is 0.0938. The van der Waals surface area contributed by atoms with Crippen molar-refractivity contribution in [3.8, 4) is 0 Å². The Bertz CT molecular complexity index is 782. The first kappa shape index (κ1) is 18.9. The second kappa shape index (κ2) is 8.66. The number of carbonyl (C=O) groups is 2. The van der Waals surface area contributed by atoms with Gasteiger partial charge in [-0.15, -0.1) is 0 Å². The molecule has 0 atom stereocenters. The van der Waals surface area contributed by atoms with Crippen LogP contribution in [0, 0.1) is 18.7 Å². The molecule has 1 saturated heterocycles. The summed E-state index contributed by atoms with van der Waals surface area (Å²) >= 11 is 0. The van der Waals surface area contributed by atoms with Crippen molar-refractivity contribution in [3.63, 3.8) is 0 Å². The number of benzene rings is 2. The fourth-order valence-corrected chi connectivity index (χ4v) is 3.12. The summed E-state index contributed by atoms with van der Waals surface area (Å²) in [5.41, 5.74) is 2.36. The van der Waals surface area contributed by atoms with Crippen LogP contribution in [-0.2, 0) is 0 Å². The molecular formula is C21H24FN3O2. The summed E-state index contributed by atoms with van der Waals surface area (Å²) in [6, 6.07) is 13.0. The van der Waals surface area contributed by atoms with Crippen LogP contribution in [0.4, 0.5) is 14.9 Å². The van der Waals surface area contributed by atoms with Crippen LogP contribution in [-0.4, -0.2) is 36.5 Å². The molecule has 0 spiro atoms. The average molecular weight is 369 g/mol. The maximum Gasteiger partial charge on any atom is 0.321 e. The van der Waals surface area contributed by atoms with Gasteiger partial charge in [0.05, 0.1) is 0 Å². The predicted octanol–water partition coefficient (Wildman–Crippen LogP) is 3.81. The molecule has 1 aliphatic heterocycles. The Labute approximate surface area is 158 Å². The monoisotopic (exact) mass is 369 g/mol. The van der Waals surface area contributed by atoms with E-state index in [0.717, 1.165) is 18.4 Å². The molecule has 1 aliphatic rings. The van der Waals surface area contributed by atoms with E-state index in [2.05, 4.69) is 10.6 Å². The van der Waals surface area contributed by atoms with E-state index in [0.29, 0.717) is 36.8 Å². The molecule has 3 rings (SSSR count). The van der Waals surface area contributed by atoms with E-state index >= 15 is 0 Å². The van der Waals surface area contributed by atoms with Crippen LogP contribution in [0.5, 0.6) is 0 Å². The summed E-state index contributed by atoms with van der Waals surface area (Å²) in [6.07, 6.45) is 1.68. The van der Waals surface area contributed by atoms with Gasteiger partial charge in [-0.25, -0.2) is 9.18 Å². The zero-order valence-electron chi connectivity index (χ0n) is 15.4. The number of amides is 3. The molecule has 3 amide bonds. The second-order valence-electron chi connectivity index (χ2n) is 6.94. The van der Waals surface area contributed by atoms with Gasteiger partial charge >= 0.3 is 6.03 Å². The van der Waals surface area contributed by atoms with Crippen molar-refractivity contribution in [1.82, 2.24) is 10.2 Å². The Morgan fingerprint density at radius 3 is 2.30 bits per heavy atom. The molecule has 1 heterocycles. The van der Waals surface area contributed by atoms with Gasteiger partial charge in [-0.1, -0.05) is 17.7 Å². The fourth-order valence-electron chi connectivity index (χ4n) is 3.12. The summed E-state index contributed by atoms with van der Waals surface area (Å²) in [7, 11) is 0. The molecule has 0 aliphatic carbocycles. The molecule has 0 aromatic heterocycles. The number of anilines is 1. The van der Waals surface area contributed by atoms with Gasteiger partial charge in [0.2, 0.25) is 0 Å². The van der Waals surface area contributed by atoms with Gasteiger partial charge in [-0.2, -0.15) is 0 Å². The number of halogens is 1. The first-order chi connectivity index (χ1) is 13.0. The maximum absolute atomic E-state index is 12.9. The molecule has 0 saturated carbocycles. The van der Waals surface area contributed by atoms with Crippen LogP contribution < -0.4 is 10.6 Å². The van der Waals surface area contributed by atoms with Crippen molar-refractivity contribution in [2.24, 2.45) is 5.92 Å². The third-order valence-electron chi connectivity index (χ3n) is 4.86. The number of likely N-dealkylation sites (tertiary alicyclic amines) is 1. The molecule has 6 heteroatoms. The van der Waals surface area contributed by atoms with Gasteiger partial charge in [0.25, 0.3) is 5.91 Å². The molecule has 0 bridgehead atoms. The molecule has 142 valence electrons. The Hall–Kier alpha value is -2.89. The van der Waals surface area contributed by atoms with E-state index in [1.54, 1.807) is 17.0 Å². The lowest BCUT2D eigenvalue weighted by Crippen LogP contribution is -2.43. The highest BCUT2D eigenvalue weighted by Gasteiger charge is 2.23. The molecule has 1 fully saturated rings. The number of rotatable bonds is 4. The Balaban J connectivity index is 1.41. The van der Waals surface area contributed by atoms with Crippen LogP contribution in [0.1, 0.15) is 28.8 Å². The van der Waals surface area contributed by atoms with Crippen LogP contribution in [0.2, 0.25) is 0 Å². The standard InChI is InChI=1S/C21H24FN3O2/c1-15-2-4-17(5-3-15)20(26)23-14-16-10-12-25(13-11-16)21(27)24-19-8-6-18(22)7-9-19/h2-9,16H,10-14H2,1H3,(H,23,26)(H,24,27). The number of nitrogens with zero attached hydrogens (tertiary/aromatic N) is 1. The van der Waals surface area contributed by atoms with Gasteiger partial charge in [0, 0.05) is 30.9 Å². The summed E-state index contributed by atoms with van der Waals surface area (Å²) in [6.45, 7) is 3.87. The molecule has 27 heavy (non-hydrogen) atoms. The predicted molar refractivity (Wildman–Crippen MR) is 103 cm³/mol. The van der Waals surface area contributed by atoms with Crippen LogP contribution in [0.25, 0.3) is 0 Å². The van der Waals surface area contributed by atoms with Crippen LogP contribution in [0.3, 0.4) is 0 Å². The number of piperidine rings is 1. The number of hydrogen-bond donors (Lipinski definition) is 2. The van der Waals surface area contributed by atoms with Crippen molar-refractivity contribution in [2.45, 2.75) is 19.8 Å². The fraction of sp³-hybridized carbons (Fsp3) is 0.333. The van der Waals surface area contributed by atoms with Crippen LogP contribution in [0.15, 0.2) is 48.5 Å². The second-order valence-corrected chi connectivity index (χ2v) is 6.94. The SMILES string of the molecule is Cc1ccc(C(=O)NCC2CCN(C(=O)Nc3ccc(F)cc3)CC2)cc1. The summed E-state index contributed by atoms with van der Waals surface area (Å²) in [5.74, 6) is -0.0396. The zero-order valence-corrected chi connectivity index (χ0v) is 15.4. The highest BCUT2D eigenvalue weighted by atomic mass is 19.1. The molecule has 2 aromatic carbocycles. The quantitative estimate of drug-likeness (QED) is 0.861. The number of aryl methyl sites for hydroxylation is 1. The number of urea groups is 1. The maximum atomic E-state index is 12.9. The van der Waals surface area contributed by atoms with Crippen molar-refractivity contribution < 1.29 is 14.0 Å². The van der Waals surface area contributed by atoms with E-state index < -0.39 is 0 Å². The van der Waals surface area contributed by atoms with Crippen LogP contribution >= 0.6 is 0 Å². The highest BCUT2D eigenvalue weighted by Crippen LogP contribution is 2.18. The van der Waals surface area contributed by atoms with Gasteiger partial charge in [-0.3, -0.25) is 4.79 Å². The summed E-state index contributed by atoms with van der Waals surface area (Å²) in [4.78, 5) is 26.2. The van der Waals surface area contributed by atoms with Gasteiger partial charge < -0.3 is 15.5 Å². The van der Waals surface area contributed by atoms with Crippen molar-refractivity contribution in [2.75, 3.05) is 25.0 Å². The smallest absolute Gasteiger partial charge is 0.321 e. The Morgan fingerprint density at radius 1 is 1.04 bits per heavy atom. The largest absolute Gasteiger partial charge is 0.352 e. The minimum Gasteiger partial charge on any atom is -0.352 e. The minimum absolute atomic E-state index is 0.0634. The van der Waals surface area contributed by atoms with E-state index in [4.69, 9.17) is 0 Å². The van der Waals surface area contributed by atoms with Crippen molar-refractivity contribution >= 4 is 17.6 Å². The molecule has 0 unspecified atom stereocenters. The third kappa shape index (κ3) is 5.29. The molecule has 0 radical (unpaired) electrons. The Morgan fingerprint density at radius 2 is 1.67 bits per heavy atom. The first-order valence-corrected chi connectivity index (χ1v) is 9.17. The first-order valence-electron chi connectivity index (χ1n) is 9.17. The number of nitrogens with one attached hydrogen (secondary N) is 2. The molecule has 5 nitrogen and oxygen atoms in total. The van der Waals surface area contributed by atoms with Gasteiger partial charge in [-0.05, 0) is 62.1 Å². The van der Waals surface area contributed by atoms with E-state index in [1.165, 1.54) is 12.1 Å². The van der Waals surface area contributed by atoms with Gasteiger partial charge in [0.1, 0.15) is 5.82 Å². The summed E-state index contributed by atoms with van der Waals surface area (Å²) in [5, 5.41) is 5.76. The summed E-state index contributed by atoms with van der Waals surface area (Å²) < 4.78 is 12.9. The number of carbonyl (C=O) groups excluding carboxylic acids is 2. The Kier molecular flexibility index (Phi) is 6.06. The topological polar surface area (TPSA) is 61.4 Å². The van der Waals surface area contributed by atoms with Crippen molar-refractivity contribution in [3.05, 3.63) is 65.5 Å². The van der Waals surface area contributed by atoms with Crippen molar-refractivity contribution in [1.29, 1.82) is 0 Å². The van der Waals surface area contributed by atoms with E-state index in [1.807, 2.05) is 31.2 Å². The lowest BCUT2D eigenvalue weighted by Gasteiger charge is -2.32. The lowest BCUT2D eigenvalue weighted by atomic mass is 9.97. The average Bonchev–Trinajstić information content (AvgIpc) is 2.69. The normalized spacial score (nSPS) is 14.7. The van der Waals surface area contributed by atoms with E-state index in [9.17, 15) is 14.0 Å². The highest BCUT2D eigenvalue weighted by molar-refractivity contribution is 5.94. The zero-order chi connectivity index (χ0) is 19.2. The van der Waals surface area contributed by atoms with Gasteiger partial charge in [0.15, 0.2) is 0 Å².